The van der Waals surface area contributed by atoms with E-state index in [1.165, 1.54) is 19.3 Å². The van der Waals surface area contributed by atoms with Crippen LogP contribution in [0.5, 0.6) is 0 Å². The van der Waals surface area contributed by atoms with Gasteiger partial charge in [-0.1, -0.05) is 59.8 Å². The summed E-state index contributed by atoms with van der Waals surface area (Å²) in [6.07, 6.45) is 8.12. The van der Waals surface area contributed by atoms with Crippen LogP contribution < -0.4 is 0 Å². The molecular weight excluding hydrogens is 280 g/mol. The minimum Gasteiger partial charge on any atom is -0.465 e. The third-order valence-corrected chi connectivity index (χ3v) is 4.20. The van der Waals surface area contributed by atoms with Crippen molar-refractivity contribution in [1.29, 1.82) is 0 Å². The molecule has 0 aliphatic heterocycles. The summed E-state index contributed by atoms with van der Waals surface area (Å²) in [4.78, 5) is 24.7. The molecule has 0 bridgehead atoms. The number of ether oxygens (including phenoxy) is 2. The summed E-state index contributed by atoms with van der Waals surface area (Å²) < 4.78 is 10.6. The van der Waals surface area contributed by atoms with Gasteiger partial charge < -0.3 is 9.47 Å². The molecule has 0 heterocycles. The number of hydrogen-bond donors (Lipinski definition) is 0. The highest BCUT2D eigenvalue weighted by molar-refractivity contribution is 5.99. The molecule has 0 fully saturated rings. The van der Waals surface area contributed by atoms with Crippen LogP contribution in [0, 0.1) is 5.41 Å². The first-order valence-corrected chi connectivity index (χ1v) is 8.93. The van der Waals surface area contributed by atoms with Crippen LogP contribution in [-0.4, -0.2) is 25.2 Å². The van der Waals surface area contributed by atoms with Crippen molar-refractivity contribution in [2.45, 2.75) is 85.5 Å². The third kappa shape index (κ3) is 6.80. The molecule has 0 saturated carbocycles. The minimum absolute atomic E-state index is 0.376. The van der Waals surface area contributed by atoms with E-state index in [2.05, 4.69) is 6.92 Å². The molecule has 0 aliphatic rings. The molecule has 0 radical (unpaired) electrons. The molecule has 0 aromatic heterocycles. The zero-order valence-corrected chi connectivity index (χ0v) is 14.9. The second-order valence-electron chi connectivity index (χ2n) is 5.83. The summed E-state index contributed by atoms with van der Waals surface area (Å²) in [5, 5.41) is 0. The summed E-state index contributed by atoms with van der Waals surface area (Å²) in [5.74, 6) is -0.851. The zero-order chi connectivity index (χ0) is 16.8. The maximum Gasteiger partial charge on any atom is 0.323 e. The molecule has 0 aromatic rings. The van der Waals surface area contributed by atoms with Crippen molar-refractivity contribution < 1.29 is 19.1 Å². The molecule has 0 rings (SSSR count). The molecule has 0 N–H and O–H groups in total. The number of esters is 2. The lowest BCUT2D eigenvalue weighted by atomic mass is 9.82. The van der Waals surface area contributed by atoms with E-state index < -0.39 is 17.4 Å². The maximum atomic E-state index is 12.4. The lowest BCUT2D eigenvalue weighted by molar-refractivity contribution is -0.173. The van der Waals surface area contributed by atoms with Crippen LogP contribution in [-0.2, 0) is 19.1 Å². The largest absolute Gasteiger partial charge is 0.465 e. The number of hydrogen-bond acceptors (Lipinski definition) is 4. The van der Waals surface area contributed by atoms with Crippen LogP contribution in [0.4, 0.5) is 0 Å². The van der Waals surface area contributed by atoms with Gasteiger partial charge in [-0.3, -0.25) is 9.59 Å². The van der Waals surface area contributed by atoms with Crippen LogP contribution >= 0.6 is 0 Å². The van der Waals surface area contributed by atoms with E-state index in [1.54, 1.807) is 0 Å². The van der Waals surface area contributed by atoms with Gasteiger partial charge in [0.1, 0.15) is 0 Å². The molecule has 0 saturated heterocycles. The van der Waals surface area contributed by atoms with E-state index in [1.807, 2.05) is 20.8 Å². The average molecular weight is 314 g/mol. The summed E-state index contributed by atoms with van der Waals surface area (Å²) in [5.41, 5.74) is -1.13. The number of carbonyl (C=O) groups excluding carboxylic acids is 2. The highest BCUT2D eigenvalue weighted by atomic mass is 16.6. The Kier molecular flexibility index (Phi) is 11.9. The van der Waals surface area contributed by atoms with Crippen molar-refractivity contribution in [3.8, 4) is 0 Å². The van der Waals surface area contributed by atoms with Crippen LogP contribution in [0.1, 0.15) is 85.5 Å². The fourth-order valence-corrected chi connectivity index (χ4v) is 2.37. The predicted octanol–water partition coefficient (Wildman–Crippen LogP) is 4.65. The summed E-state index contributed by atoms with van der Waals surface area (Å²) in [6, 6.07) is 0. The Labute approximate surface area is 135 Å². The molecule has 130 valence electrons. The summed E-state index contributed by atoms with van der Waals surface area (Å²) in [7, 11) is 0. The first-order chi connectivity index (χ1) is 10.6. The van der Waals surface area contributed by atoms with Crippen LogP contribution in [0.2, 0.25) is 0 Å². The Hall–Kier alpha value is -1.06. The van der Waals surface area contributed by atoms with Gasteiger partial charge >= 0.3 is 11.9 Å². The molecule has 4 nitrogen and oxygen atoms in total. The normalized spacial score (nSPS) is 11.3. The SMILES string of the molecule is CCCCCCCOC(=O)C(CC)(CC)C(=O)OCCCC. The molecule has 0 aromatic carbocycles. The topological polar surface area (TPSA) is 52.6 Å². The quantitative estimate of drug-likeness (QED) is 0.282. The summed E-state index contributed by atoms with van der Waals surface area (Å²) >= 11 is 0. The van der Waals surface area contributed by atoms with E-state index in [0.717, 1.165) is 25.7 Å². The predicted molar refractivity (Wildman–Crippen MR) is 88.6 cm³/mol. The van der Waals surface area contributed by atoms with Gasteiger partial charge in [-0.05, 0) is 25.7 Å². The van der Waals surface area contributed by atoms with Gasteiger partial charge in [-0.15, -0.1) is 0 Å². The summed E-state index contributed by atoms with van der Waals surface area (Å²) in [6.45, 7) is 8.66. The Morgan fingerprint density at radius 2 is 1.14 bits per heavy atom. The standard InChI is InChI=1S/C18H34O4/c1-5-9-11-12-13-15-22-17(20)18(7-3,8-4)16(19)21-14-10-6-2/h5-15H2,1-4H3. The van der Waals surface area contributed by atoms with Gasteiger partial charge in [0.2, 0.25) is 0 Å². The Balaban J connectivity index is 4.38. The maximum absolute atomic E-state index is 12.4. The van der Waals surface area contributed by atoms with Gasteiger partial charge in [0.15, 0.2) is 5.41 Å². The molecule has 4 heteroatoms. The van der Waals surface area contributed by atoms with Crippen molar-refractivity contribution in [3.05, 3.63) is 0 Å². The highest BCUT2D eigenvalue weighted by Crippen LogP contribution is 2.30. The second-order valence-corrected chi connectivity index (χ2v) is 5.83. The molecule has 22 heavy (non-hydrogen) atoms. The minimum atomic E-state index is -1.13. The average Bonchev–Trinajstić information content (AvgIpc) is 2.52. The first-order valence-electron chi connectivity index (χ1n) is 8.93. The van der Waals surface area contributed by atoms with Crippen molar-refractivity contribution in [3.63, 3.8) is 0 Å². The zero-order valence-electron chi connectivity index (χ0n) is 14.9. The highest BCUT2D eigenvalue weighted by Gasteiger charge is 2.45. The van der Waals surface area contributed by atoms with Crippen molar-refractivity contribution in [2.75, 3.05) is 13.2 Å². The Morgan fingerprint density at radius 1 is 0.682 bits per heavy atom. The van der Waals surface area contributed by atoms with E-state index in [0.29, 0.717) is 26.1 Å². The number of carbonyl (C=O) groups is 2. The van der Waals surface area contributed by atoms with E-state index >= 15 is 0 Å². The van der Waals surface area contributed by atoms with Crippen molar-refractivity contribution in [1.82, 2.24) is 0 Å². The van der Waals surface area contributed by atoms with E-state index in [9.17, 15) is 9.59 Å². The van der Waals surface area contributed by atoms with Gasteiger partial charge in [-0.2, -0.15) is 0 Å². The Bertz CT molecular complexity index is 308. The smallest absolute Gasteiger partial charge is 0.323 e. The molecule has 0 spiro atoms. The van der Waals surface area contributed by atoms with E-state index in [4.69, 9.17) is 9.47 Å². The van der Waals surface area contributed by atoms with Crippen LogP contribution in [0.25, 0.3) is 0 Å². The molecule has 0 aliphatic carbocycles. The fraction of sp³-hybridized carbons (Fsp3) is 0.889. The van der Waals surface area contributed by atoms with Crippen molar-refractivity contribution >= 4 is 11.9 Å². The van der Waals surface area contributed by atoms with Gasteiger partial charge in [0, 0.05) is 0 Å². The second kappa shape index (κ2) is 12.5. The molecular formula is C18H34O4. The molecule has 0 unspecified atom stereocenters. The van der Waals surface area contributed by atoms with Crippen molar-refractivity contribution in [2.24, 2.45) is 5.41 Å². The van der Waals surface area contributed by atoms with Gasteiger partial charge in [0.05, 0.1) is 13.2 Å². The number of unbranched alkanes of at least 4 members (excludes halogenated alkanes) is 5. The van der Waals surface area contributed by atoms with Gasteiger partial charge in [0.25, 0.3) is 0 Å². The molecule has 0 atom stereocenters. The lowest BCUT2D eigenvalue weighted by Gasteiger charge is -2.26. The number of rotatable bonds is 13. The third-order valence-electron chi connectivity index (χ3n) is 4.20. The van der Waals surface area contributed by atoms with Crippen LogP contribution in [0.3, 0.4) is 0 Å². The van der Waals surface area contributed by atoms with Gasteiger partial charge in [-0.25, -0.2) is 0 Å². The first kappa shape index (κ1) is 20.9. The van der Waals surface area contributed by atoms with Crippen LogP contribution in [0.15, 0.2) is 0 Å². The fourth-order valence-electron chi connectivity index (χ4n) is 2.37. The monoisotopic (exact) mass is 314 g/mol. The Morgan fingerprint density at radius 3 is 1.59 bits per heavy atom. The van der Waals surface area contributed by atoms with E-state index in [-0.39, 0.29) is 0 Å². The molecule has 0 amide bonds. The lowest BCUT2D eigenvalue weighted by Crippen LogP contribution is -2.41.